The van der Waals surface area contributed by atoms with E-state index >= 15 is 0 Å². The number of benzene rings is 7. The van der Waals surface area contributed by atoms with E-state index in [0.717, 1.165) is 99.1 Å². The van der Waals surface area contributed by atoms with Crippen molar-refractivity contribution < 1.29 is 68.6 Å². The van der Waals surface area contributed by atoms with Crippen LogP contribution in [-0.4, -0.2) is 96.0 Å². The van der Waals surface area contributed by atoms with Crippen molar-refractivity contribution >= 4 is 76.4 Å². The molecule has 0 saturated heterocycles. The summed E-state index contributed by atoms with van der Waals surface area (Å²) < 4.78 is 58.4. The van der Waals surface area contributed by atoms with Crippen LogP contribution >= 0.6 is 0 Å². The maximum absolute atomic E-state index is 12.6. The van der Waals surface area contributed by atoms with Gasteiger partial charge in [0.25, 0.3) is 22.5 Å². The molecule has 0 spiro atoms. The fourth-order valence-electron chi connectivity index (χ4n) is 9.67. The zero-order valence-electron chi connectivity index (χ0n) is 50.5. The molecule has 1 aliphatic heterocycles. The van der Waals surface area contributed by atoms with Crippen molar-refractivity contribution in [2.45, 2.75) is 51.3 Å². The number of anilines is 1. The van der Waals surface area contributed by atoms with Gasteiger partial charge in [-0.15, -0.1) is 31.8 Å². The Kier molecular flexibility index (Phi) is 21.6. The number of hydrogen-bond acceptors (Lipinski definition) is 19. The van der Waals surface area contributed by atoms with E-state index in [1.807, 2.05) is 12.1 Å². The number of aryl methyl sites for hydroxylation is 2. The van der Waals surface area contributed by atoms with Crippen LogP contribution in [0.25, 0.3) is 44.8 Å². The monoisotopic (exact) mass is 1330 g/mol. The Balaban J connectivity index is 0.000000195. The molecule has 6 aromatic carbocycles. The summed E-state index contributed by atoms with van der Waals surface area (Å²) in [6.07, 6.45) is 1.58. The summed E-state index contributed by atoms with van der Waals surface area (Å²) >= 11 is 0. The number of phenolic OH excluding ortho intramolecular Hbond substituents is 2. The van der Waals surface area contributed by atoms with Gasteiger partial charge in [-0.1, -0.05) is 68.4 Å². The maximum atomic E-state index is 12.6. The van der Waals surface area contributed by atoms with Crippen LogP contribution in [-0.2, 0) is 37.0 Å². The summed E-state index contributed by atoms with van der Waals surface area (Å²) in [4.78, 5) is 58.5. The van der Waals surface area contributed by atoms with Gasteiger partial charge in [-0.05, 0) is 93.9 Å². The molecule has 0 saturated carbocycles. The molecule has 0 atom stereocenters. The van der Waals surface area contributed by atoms with Gasteiger partial charge < -0.3 is 44.2 Å². The zero-order valence-corrected chi connectivity index (χ0v) is 53.4. The maximum Gasteiger partial charge on any atom is 0.336 e. The Morgan fingerprint density at radius 2 is 1.07 bits per heavy atom. The molecule has 92 heavy (non-hydrogen) atoms. The van der Waals surface area contributed by atoms with Crippen molar-refractivity contribution in [3.63, 3.8) is 0 Å². The Morgan fingerprint density at radius 1 is 0.609 bits per heavy atom. The first-order valence-electron chi connectivity index (χ1n) is 27.8. The van der Waals surface area contributed by atoms with Crippen molar-refractivity contribution in [1.82, 2.24) is 24.1 Å². The number of nitro benzene ring substituents is 2. The van der Waals surface area contributed by atoms with Gasteiger partial charge in [-0.3, -0.25) is 29.8 Å². The summed E-state index contributed by atoms with van der Waals surface area (Å²) in [7, 11) is -7.96. The number of hydrogen-bond donors (Lipinski definition) is 3. The summed E-state index contributed by atoms with van der Waals surface area (Å²) in [5, 5.41) is 77.2. The first-order chi connectivity index (χ1) is 43.2. The molecular weight excluding hydrogens is 1270 g/mol. The van der Waals surface area contributed by atoms with Crippen molar-refractivity contribution in [1.29, 1.82) is 0 Å². The molecule has 0 bridgehead atoms. The molecule has 27 nitrogen and oxygen atoms in total. The van der Waals surface area contributed by atoms with Gasteiger partial charge >= 0.3 is 5.97 Å². The molecule has 8 aromatic rings. The third kappa shape index (κ3) is 15.0. The fraction of sp³-hybridized carbons (Fsp3) is 0.194. The molecule has 0 amide bonds. The van der Waals surface area contributed by atoms with E-state index in [2.05, 4.69) is 104 Å². The minimum atomic E-state index is -3.98. The van der Waals surface area contributed by atoms with Gasteiger partial charge in [0.05, 0.1) is 33.6 Å². The molecule has 0 radical (unpaired) electrons. The largest absolute Gasteiger partial charge is 0.589 e. The fourth-order valence-corrected chi connectivity index (χ4v) is 11.3. The zero-order chi connectivity index (χ0) is 66.2. The first-order valence-corrected chi connectivity index (χ1v) is 31.6. The average molecular weight is 1330 g/mol. The van der Waals surface area contributed by atoms with Gasteiger partial charge in [-0.25, -0.2) is 26.2 Å². The molecule has 1 aliphatic carbocycles. The molecular formula is C62H59CrN12O15S2-. The normalized spacial score (nSPS) is 11.4. The number of nitro groups is 2. The summed E-state index contributed by atoms with van der Waals surface area (Å²) in [6.45, 7) is 15.2. The standard InChI is InChI=1S/C28H30N2O3.2C17H15N5O6S.Cr/c1-5-29(6-2)19-13-15-23-25(17-19)33-26-18-20(30(7-3)8-4)14-16-24(26)27(23)21-11-9-10-12-22(21)28(31)32;2*1-10-16(17(24)21(20-10)11-6-4-3-5-7-11)19-18-12-8-15(29(2,27)28)13(22(25)26)9-14(12)23;/h9-18H,5-8H2,1-4H3;2*3-9H,1-2H3,(H2,18,19,20,23,24);/p-1. The molecule has 0 unspecified atom stereocenters. The predicted octanol–water partition coefficient (Wildman–Crippen LogP) is 10.6. The number of phenols is 2. The van der Waals surface area contributed by atoms with E-state index in [1.54, 1.807) is 72.8 Å². The average Bonchev–Trinajstić information content (AvgIpc) is 1.04. The van der Waals surface area contributed by atoms with Crippen molar-refractivity contribution in [3.05, 3.63) is 209 Å². The molecule has 0 fully saturated rings. The number of azo groups is 2. The summed E-state index contributed by atoms with van der Waals surface area (Å²) in [5.74, 6) is -1.51. The second-order valence-electron chi connectivity index (χ2n) is 20.1. The number of fused-ring (bicyclic) bond motifs is 2. The Hall–Kier alpha value is -10.7. The van der Waals surface area contributed by atoms with Crippen LogP contribution in [0.1, 0.15) is 49.4 Å². The van der Waals surface area contributed by atoms with Crippen LogP contribution in [0.3, 0.4) is 0 Å². The van der Waals surface area contributed by atoms with Crippen molar-refractivity contribution in [2.24, 2.45) is 20.5 Å². The van der Waals surface area contributed by atoms with Crippen LogP contribution in [0, 0.1) is 34.1 Å². The van der Waals surface area contributed by atoms with Crippen LogP contribution in [0.2, 0.25) is 0 Å². The third-order valence-corrected chi connectivity index (χ3v) is 16.4. The number of aromatic carboxylic acids is 1. The predicted molar refractivity (Wildman–Crippen MR) is 339 cm³/mol. The van der Waals surface area contributed by atoms with Crippen molar-refractivity contribution in [2.75, 3.05) is 43.6 Å². The molecule has 30 heteroatoms. The number of carboxylic acid groups (broad SMARTS) is 1. The molecule has 3 heterocycles. The van der Waals surface area contributed by atoms with E-state index in [4.69, 9.17) is 4.42 Å². The number of rotatable bonds is 17. The molecule has 2 aromatic heterocycles. The van der Waals surface area contributed by atoms with E-state index in [9.17, 15) is 66.8 Å². The number of carboxylic acids is 1. The minimum absolute atomic E-state index is 0. The van der Waals surface area contributed by atoms with Crippen LogP contribution in [0.4, 0.5) is 39.8 Å². The van der Waals surface area contributed by atoms with E-state index < -0.39 is 79.3 Å². The smallest absolute Gasteiger partial charge is 0.336 e. The van der Waals surface area contributed by atoms with Gasteiger partial charge in [0, 0.05) is 88.7 Å². The molecule has 2 aliphatic rings. The van der Waals surface area contributed by atoms with Gasteiger partial charge in [0.1, 0.15) is 68.5 Å². The number of aromatic nitrogens is 4. The molecule has 10 rings (SSSR count). The number of aromatic hydroxyl groups is 2. The van der Waals surface area contributed by atoms with Gasteiger partial charge in [0.2, 0.25) is 5.36 Å². The number of carbonyl (C=O) groups is 1. The number of sulfone groups is 2. The first kappa shape index (κ1) is 68.8. The van der Waals surface area contributed by atoms with E-state index in [1.165, 1.54) is 13.8 Å². The van der Waals surface area contributed by atoms with E-state index in [0.29, 0.717) is 29.1 Å². The topological polar surface area (TPSA) is 373 Å². The quantitative estimate of drug-likeness (QED) is 0.0251. The minimum Gasteiger partial charge on any atom is -0.589 e. The Morgan fingerprint density at radius 3 is 1.49 bits per heavy atom. The second-order valence-corrected chi connectivity index (χ2v) is 24.1. The van der Waals surface area contributed by atoms with E-state index in [-0.39, 0.29) is 57.1 Å². The Labute approximate surface area is 535 Å². The van der Waals surface area contributed by atoms with Gasteiger partial charge in [0.15, 0.2) is 19.7 Å². The molecule has 3 N–H and O–H groups in total. The molecule has 476 valence electrons. The summed E-state index contributed by atoms with van der Waals surface area (Å²) in [6, 6.07) is 39.8. The van der Waals surface area contributed by atoms with Crippen LogP contribution in [0.5, 0.6) is 11.5 Å². The van der Waals surface area contributed by atoms with Crippen LogP contribution in [0.15, 0.2) is 190 Å². The Bertz CT molecular complexity index is 4710. The number of para-hydroxylation sites is 2. The third-order valence-electron chi connectivity index (χ3n) is 14.2. The van der Waals surface area contributed by atoms with Crippen LogP contribution < -0.4 is 36.1 Å². The van der Waals surface area contributed by atoms with Crippen molar-refractivity contribution in [3.8, 4) is 45.3 Å². The summed E-state index contributed by atoms with van der Waals surface area (Å²) in [5.41, 5.74) is 2.51. The SMILES string of the molecule is CCN(CC)c1ccc2c(-c3ccccc3C(=O)O)c3ccc(=[N+](CC)CC)cc-3oc2c1.Cc1[n-]n(-c2ccccc2)c(=O)c1N=Nc1cc(S(C)(=O)=O)c([N+](=O)[O-])cc1O.Cc1[n-]n(-c2ccccc2)c(=O)c1N=Nc1cc(S(C)(=O)=O)c([N+](=O)[O-])cc1O.[Cr]. The van der Waals surface area contributed by atoms with Gasteiger partial charge in [-0.2, -0.15) is 0 Å². The number of nitrogens with zero attached hydrogens (tertiary/aromatic N) is 12. The second kappa shape index (κ2) is 28.9.